The van der Waals surface area contributed by atoms with E-state index >= 15 is 0 Å². The van der Waals surface area contributed by atoms with Crippen molar-refractivity contribution in [1.29, 1.82) is 0 Å². The number of ether oxygens (including phenoxy) is 2. The van der Waals surface area contributed by atoms with Gasteiger partial charge < -0.3 is 9.47 Å². The van der Waals surface area contributed by atoms with Gasteiger partial charge in [0.1, 0.15) is 5.75 Å². The highest BCUT2D eigenvalue weighted by Crippen LogP contribution is 2.09. The highest BCUT2D eigenvalue weighted by atomic mass is 16.5. The Morgan fingerprint density at radius 2 is 2.00 bits per heavy atom. The van der Waals surface area contributed by atoms with Gasteiger partial charge in [-0.25, -0.2) is 0 Å². The maximum Gasteiger partial charge on any atom is 0.119 e. The van der Waals surface area contributed by atoms with Crippen molar-refractivity contribution in [1.82, 2.24) is 0 Å². The van der Waals surface area contributed by atoms with Crippen molar-refractivity contribution in [3.8, 4) is 5.75 Å². The molecule has 0 amide bonds. The summed E-state index contributed by atoms with van der Waals surface area (Å²) in [6.07, 6.45) is 10.6. The smallest absolute Gasteiger partial charge is 0.119 e. The molecule has 0 saturated carbocycles. The summed E-state index contributed by atoms with van der Waals surface area (Å²) in [6.45, 7) is 7.20. The first kappa shape index (κ1) is 16.1. The molecule has 1 rings (SSSR count). The second kappa shape index (κ2) is 10.9. The van der Waals surface area contributed by atoms with Crippen LogP contribution in [0.5, 0.6) is 5.75 Å². The summed E-state index contributed by atoms with van der Waals surface area (Å²) in [4.78, 5) is 0. The lowest BCUT2D eigenvalue weighted by Gasteiger charge is -2.05. The molecular formula is C18H24O2. The lowest BCUT2D eigenvalue weighted by molar-refractivity contribution is 0.208. The molecule has 108 valence electrons. The van der Waals surface area contributed by atoms with Crippen LogP contribution >= 0.6 is 0 Å². The molecule has 2 nitrogen and oxygen atoms in total. The lowest BCUT2D eigenvalue weighted by Crippen LogP contribution is -2.00. The van der Waals surface area contributed by atoms with Crippen LogP contribution in [0.25, 0.3) is 0 Å². The van der Waals surface area contributed by atoms with Crippen LogP contribution in [-0.2, 0) is 4.74 Å². The number of benzene rings is 1. The Hall–Kier alpha value is -1.96. The Morgan fingerprint density at radius 3 is 2.70 bits per heavy atom. The van der Waals surface area contributed by atoms with Crippen molar-refractivity contribution >= 4 is 0 Å². The van der Waals surface area contributed by atoms with Gasteiger partial charge in [-0.15, -0.1) is 0 Å². The van der Waals surface area contributed by atoms with Gasteiger partial charge >= 0.3 is 0 Å². The average molecular weight is 272 g/mol. The molecule has 20 heavy (non-hydrogen) atoms. The second-order valence-electron chi connectivity index (χ2n) is 4.42. The molecule has 0 aliphatic rings. The Morgan fingerprint density at radius 1 is 1.20 bits per heavy atom. The van der Waals surface area contributed by atoms with Gasteiger partial charge in [0.15, 0.2) is 0 Å². The number of para-hydroxylation sites is 1. The second-order valence-corrected chi connectivity index (χ2v) is 4.42. The van der Waals surface area contributed by atoms with E-state index in [1.807, 2.05) is 48.6 Å². The molecule has 0 bridgehead atoms. The molecule has 0 aliphatic heterocycles. The molecule has 0 unspecified atom stereocenters. The van der Waals surface area contributed by atoms with E-state index in [1.54, 1.807) is 6.26 Å². The van der Waals surface area contributed by atoms with Crippen molar-refractivity contribution < 1.29 is 9.47 Å². The van der Waals surface area contributed by atoms with Crippen LogP contribution in [-0.4, -0.2) is 13.2 Å². The minimum absolute atomic E-state index is 0.664. The van der Waals surface area contributed by atoms with E-state index in [2.05, 4.69) is 13.5 Å². The summed E-state index contributed by atoms with van der Waals surface area (Å²) >= 11 is 0. The van der Waals surface area contributed by atoms with Crippen molar-refractivity contribution in [2.45, 2.75) is 26.2 Å². The van der Waals surface area contributed by atoms with Gasteiger partial charge in [0.05, 0.1) is 19.5 Å². The number of hydrogen-bond donors (Lipinski definition) is 0. The molecule has 0 heterocycles. The van der Waals surface area contributed by atoms with Gasteiger partial charge in [-0.3, -0.25) is 0 Å². The third kappa shape index (κ3) is 7.47. The third-order valence-corrected chi connectivity index (χ3v) is 2.67. The van der Waals surface area contributed by atoms with Crippen molar-refractivity contribution in [2.24, 2.45) is 0 Å². The van der Waals surface area contributed by atoms with E-state index < -0.39 is 0 Å². The quantitative estimate of drug-likeness (QED) is 0.343. The summed E-state index contributed by atoms with van der Waals surface area (Å²) in [7, 11) is 0. The van der Waals surface area contributed by atoms with Crippen LogP contribution in [0, 0.1) is 0 Å². The van der Waals surface area contributed by atoms with E-state index in [0.29, 0.717) is 13.2 Å². The number of allylic oxidation sites excluding steroid dienone is 4. The van der Waals surface area contributed by atoms with Crippen LogP contribution in [0.1, 0.15) is 26.2 Å². The standard InChI is InChI=1S/C18H24O2/c1-3-9-17(10-4-2)13-16-19-14-8-15-20-18-11-6-5-7-12-18/h3,5-7,9,11-13,16H,1,4,8,10,14-15H2,2H3/b16-13+,17-9-. The van der Waals surface area contributed by atoms with Crippen LogP contribution in [0.3, 0.4) is 0 Å². The third-order valence-electron chi connectivity index (χ3n) is 2.67. The Bertz CT molecular complexity index is 418. The monoisotopic (exact) mass is 272 g/mol. The molecule has 0 saturated heterocycles. The maximum atomic E-state index is 5.58. The summed E-state index contributed by atoms with van der Waals surface area (Å²) < 4.78 is 11.0. The van der Waals surface area contributed by atoms with Crippen molar-refractivity contribution in [3.05, 3.63) is 67.0 Å². The van der Waals surface area contributed by atoms with Gasteiger partial charge in [-0.1, -0.05) is 50.3 Å². The Balaban J connectivity index is 2.12. The van der Waals surface area contributed by atoms with E-state index in [-0.39, 0.29) is 0 Å². The van der Waals surface area contributed by atoms with Crippen molar-refractivity contribution in [3.63, 3.8) is 0 Å². The summed E-state index contributed by atoms with van der Waals surface area (Å²) in [5.41, 5.74) is 1.24. The zero-order valence-electron chi connectivity index (χ0n) is 12.3. The Labute approximate surface area is 122 Å². The minimum Gasteiger partial charge on any atom is -0.501 e. The van der Waals surface area contributed by atoms with Crippen LogP contribution in [0.2, 0.25) is 0 Å². The predicted molar refractivity (Wildman–Crippen MR) is 84.8 cm³/mol. The first-order valence-electron chi connectivity index (χ1n) is 7.14. The first-order chi connectivity index (χ1) is 9.86. The average Bonchev–Trinajstić information content (AvgIpc) is 2.47. The minimum atomic E-state index is 0.664. The largest absolute Gasteiger partial charge is 0.501 e. The van der Waals surface area contributed by atoms with E-state index in [4.69, 9.17) is 9.47 Å². The molecule has 1 aromatic carbocycles. The van der Waals surface area contributed by atoms with Gasteiger partial charge in [-0.05, 0) is 30.2 Å². The van der Waals surface area contributed by atoms with E-state index in [9.17, 15) is 0 Å². The van der Waals surface area contributed by atoms with Gasteiger partial charge in [0, 0.05) is 6.42 Å². The van der Waals surface area contributed by atoms with E-state index in [1.165, 1.54) is 5.57 Å². The molecular weight excluding hydrogens is 248 g/mol. The molecule has 0 spiro atoms. The maximum absolute atomic E-state index is 5.58. The zero-order chi connectivity index (χ0) is 14.5. The summed E-state index contributed by atoms with van der Waals surface area (Å²) in [5, 5.41) is 0. The molecule has 0 aromatic heterocycles. The van der Waals surface area contributed by atoms with Crippen LogP contribution in [0.4, 0.5) is 0 Å². The van der Waals surface area contributed by atoms with Crippen LogP contribution < -0.4 is 4.74 Å². The fourth-order valence-electron chi connectivity index (χ4n) is 1.71. The topological polar surface area (TPSA) is 18.5 Å². The molecule has 1 aromatic rings. The van der Waals surface area contributed by atoms with E-state index in [0.717, 1.165) is 25.0 Å². The molecule has 0 radical (unpaired) electrons. The highest BCUT2D eigenvalue weighted by Gasteiger charge is 1.92. The van der Waals surface area contributed by atoms with Gasteiger partial charge in [0.2, 0.25) is 0 Å². The van der Waals surface area contributed by atoms with Crippen LogP contribution in [0.15, 0.2) is 67.0 Å². The molecule has 0 fully saturated rings. The SMILES string of the molecule is C=C/C=C(\C=C\OCCCOc1ccccc1)CCC. The van der Waals surface area contributed by atoms with Gasteiger partial charge in [0.25, 0.3) is 0 Å². The summed E-state index contributed by atoms with van der Waals surface area (Å²) in [6, 6.07) is 9.83. The fraction of sp³-hybridized carbons (Fsp3) is 0.333. The first-order valence-corrected chi connectivity index (χ1v) is 7.14. The lowest BCUT2D eigenvalue weighted by atomic mass is 10.1. The van der Waals surface area contributed by atoms with Gasteiger partial charge in [-0.2, -0.15) is 0 Å². The molecule has 0 N–H and O–H groups in total. The summed E-state index contributed by atoms with van der Waals surface area (Å²) in [5.74, 6) is 0.905. The highest BCUT2D eigenvalue weighted by molar-refractivity contribution is 5.22. The Kier molecular flexibility index (Phi) is 8.79. The molecule has 0 aliphatic carbocycles. The normalized spacial score (nSPS) is 11.6. The van der Waals surface area contributed by atoms with Crippen molar-refractivity contribution in [2.75, 3.05) is 13.2 Å². The number of hydrogen-bond acceptors (Lipinski definition) is 2. The fourth-order valence-corrected chi connectivity index (χ4v) is 1.71. The molecule has 2 heteroatoms. The predicted octanol–water partition coefficient (Wildman–Crippen LogP) is 4.90. The number of rotatable bonds is 10. The zero-order valence-corrected chi connectivity index (χ0v) is 12.3. The molecule has 0 atom stereocenters.